The van der Waals surface area contributed by atoms with E-state index in [2.05, 4.69) is 42.4 Å². The van der Waals surface area contributed by atoms with E-state index in [-0.39, 0.29) is 5.91 Å². The van der Waals surface area contributed by atoms with Crippen molar-refractivity contribution in [2.75, 3.05) is 13.6 Å². The average Bonchev–Trinajstić information content (AvgIpc) is 2.77. The fraction of sp³-hybridized carbons (Fsp3) is 0.200. The standard InChI is InChI=1S/C25H25N3O/c1-3-28(2)18-20-10-8-9-19(15-20)17-27-25(29)24-14-7-6-13-23(24)22-12-5-4-11-21(22)16-26/h4-15H,3,17-18H2,1-2H3,(H,27,29). The summed E-state index contributed by atoms with van der Waals surface area (Å²) in [6, 6.07) is 25.2. The van der Waals surface area contributed by atoms with Crippen LogP contribution in [0.3, 0.4) is 0 Å². The van der Waals surface area contributed by atoms with Crippen LogP contribution in [0.15, 0.2) is 72.8 Å². The summed E-state index contributed by atoms with van der Waals surface area (Å²) in [6.45, 7) is 4.46. The van der Waals surface area contributed by atoms with E-state index in [1.165, 1.54) is 5.56 Å². The average molecular weight is 383 g/mol. The molecule has 0 aliphatic carbocycles. The molecule has 3 aromatic carbocycles. The van der Waals surface area contributed by atoms with Gasteiger partial charge in [-0.15, -0.1) is 0 Å². The van der Waals surface area contributed by atoms with Gasteiger partial charge in [0.05, 0.1) is 11.6 Å². The van der Waals surface area contributed by atoms with Crippen molar-refractivity contribution >= 4 is 5.91 Å². The van der Waals surface area contributed by atoms with Gasteiger partial charge < -0.3 is 10.2 Å². The maximum Gasteiger partial charge on any atom is 0.252 e. The molecule has 3 aromatic rings. The van der Waals surface area contributed by atoms with Crippen LogP contribution < -0.4 is 5.32 Å². The first kappa shape index (κ1) is 20.3. The van der Waals surface area contributed by atoms with E-state index in [0.29, 0.717) is 17.7 Å². The fourth-order valence-electron chi connectivity index (χ4n) is 3.27. The summed E-state index contributed by atoms with van der Waals surface area (Å²) < 4.78 is 0. The minimum Gasteiger partial charge on any atom is -0.348 e. The van der Waals surface area contributed by atoms with Gasteiger partial charge in [0.1, 0.15) is 0 Å². The molecule has 3 rings (SSSR count). The summed E-state index contributed by atoms with van der Waals surface area (Å²) in [7, 11) is 2.09. The molecule has 0 unspecified atom stereocenters. The molecule has 1 amide bonds. The molecular formula is C25H25N3O. The lowest BCUT2D eigenvalue weighted by atomic mass is 9.95. The molecule has 146 valence electrons. The van der Waals surface area contributed by atoms with Crippen molar-refractivity contribution in [1.29, 1.82) is 5.26 Å². The molecule has 0 atom stereocenters. The molecule has 29 heavy (non-hydrogen) atoms. The molecule has 0 fully saturated rings. The Hall–Kier alpha value is -3.42. The second-order valence-corrected chi connectivity index (χ2v) is 7.04. The highest BCUT2D eigenvalue weighted by Gasteiger charge is 2.14. The molecule has 0 saturated heterocycles. The Morgan fingerprint density at radius 1 is 0.966 bits per heavy atom. The molecule has 4 nitrogen and oxygen atoms in total. The molecule has 0 bridgehead atoms. The Morgan fingerprint density at radius 2 is 1.66 bits per heavy atom. The smallest absolute Gasteiger partial charge is 0.252 e. The number of nitrogens with one attached hydrogen (secondary N) is 1. The van der Waals surface area contributed by atoms with Crippen LogP contribution in [-0.4, -0.2) is 24.4 Å². The predicted octanol–water partition coefficient (Wildman–Crippen LogP) is 4.61. The Morgan fingerprint density at radius 3 is 2.41 bits per heavy atom. The fourth-order valence-corrected chi connectivity index (χ4v) is 3.27. The maximum atomic E-state index is 12.9. The van der Waals surface area contributed by atoms with E-state index < -0.39 is 0 Å². The van der Waals surface area contributed by atoms with E-state index in [1.807, 2.05) is 48.5 Å². The summed E-state index contributed by atoms with van der Waals surface area (Å²) in [4.78, 5) is 15.2. The molecule has 0 saturated carbocycles. The second-order valence-electron chi connectivity index (χ2n) is 7.04. The summed E-state index contributed by atoms with van der Waals surface area (Å²) in [6.07, 6.45) is 0. The first-order chi connectivity index (χ1) is 14.1. The number of carbonyl (C=O) groups excluding carboxylic acids is 1. The third-order valence-corrected chi connectivity index (χ3v) is 4.95. The Balaban J connectivity index is 1.78. The van der Waals surface area contributed by atoms with Gasteiger partial charge in [-0.2, -0.15) is 5.26 Å². The number of nitrogens with zero attached hydrogens (tertiary/aromatic N) is 2. The van der Waals surface area contributed by atoms with Crippen LogP contribution in [0.4, 0.5) is 0 Å². The van der Waals surface area contributed by atoms with Gasteiger partial charge in [-0.25, -0.2) is 0 Å². The first-order valence-electron chi connectivity index (χ1n) is 9.75. The Kier molecular flexibility index (Phi) is 6.78. The molecule has 0 aliphatic rings. The van der Waals surface area contributed by atoms with Crippen LogP contribution >= 0.6 is 0 Å². The van der Waals surface area contributed by atoms with Crippen molar-refractivity contribution in [2.45, 2.75) is 20.0 Å². The van der Waals surface area contributed by atoms with Crippen molar-refractivity contribution in [3.8, 4) is 17.2 Å². The number of benzene rings is 3. The van der Waals surface area contributed by atoms with Crippen LogP contribution in [0, 0.1) is 11.3 Å². The van der Waals surface area contributed by atoms with Crippen LogP contribution in [0.25, 0.3) is 11.1 Å². The van der Waals surface area contributed by atoms with E-state index >= 15 is 0 Å². The summed E-state index contributed by atoms with van der Waals surface area (Å²) in [5.74, 6) is -0.149. The van der Waals surface area contributed by atoms with E-state index in [0.717, 1.165) is 29.8 Å². The number of amides is 1. The summed E-state index contributed by atoms with van der Waals surface area (Å²) >= 11 is 0. The van der Waals surface area contributed by atoms with Gasteiger partial charge in [-0.1, -0.05) is 67.6 Å². The molecular weight excluding hydrogens is 358 g/mol. The lowest BCUT2D eigenvalue weighted by Crippen LogP contribution is -2.23. The van der Waals surface area contributed by atoms with Gasteiger partial charge in [0.2, 0.25) is 0 Å². The van der Waals surface area contributed by atoms with E-state index in [1.54, 1.807) is 12.1 Å². The first-order valence-corrected chi connectivity index (χ1v) is 9.75. The van der Waals surface area contributed by atoms with Gasteiger partial charge in [-0.3, -0.25) is 4.79 Å². The van der Waals surface area contributed by atoms with E-state index in [9.17, 15) is 10.1 Å². The number of rotatable bonds is 7. The van der Waals surface area contributed by atoms with Crippen molar-refractivity contribution in [1.82, 2.24) is 10.2 Å². The maximum absolute atomic E-state index is 12.9. The number of hydrogen-bond donors (Lipinski definition) is 1. The zero-order valence-electron chi connectivity index (χ0n) is 16.9. The third-order valence-electron chi connectivity index (χ3n) is 4.95. The Bertz CT molecular complexity index is 1040. The molecule has 0 aliphatic heterocycles. The summed E-state index contributed by atoms with van der Waals surface area (Å²) in [5.41, 5.74) is 4.95. The molecule has 0 radical (unpaired) electrons. The molecule has 4 heteroatoms. The number of carbonyl (C=O) groups is 1. The van der Waals surface area contributed by atoms with Crippen LogP contribution in [0.5, 0.6) is 0 Å². The third kappa shape index (κ3) is 5.10. The van der Waals surface area contributed by atoms with Gasteiger partial charge in [-0.05, 0) is 42.4 Å². The van der Waals surface area contributed by atoms with Crippen molar-refractivity contribution in [2.24, 2.45) is 0 Å². The highest BCUT2D eigenvalue weighted by molar-refractivity contribution is 6.01. The molecule has 0 heterocycles. The highest BCUT2D eigenvalue weighted by Crippen LogP contribution is 2.26. The highest BCUT2D eigenvalue weighted by atomic mass is 16.1. The summed E-state index contributed by atoms with van der Waals surface area (Å²) in [5, 5.41) is 12.4. The van der Waals surface area contributed by atoms with Gasteiger partial charge >= 0.3 is 0 Å². The quantitative estimate of drug-likeness (QED) is 0.648. The van der Waals surface area contributed by atoms with Crippen LogP contribution in [0.1, 0.15) is 34.0 Å². The largest absolute Gasteiger partial charge is 0.348 e. The van der Waals surface area contributed by atoms with Gasteiger partial charge in [0.25, 0.3) is 5.91 Å². The molecule has 0 spiro atoms. The predicted molar refractivity (Wildman–Crippen MR) is 116 cm³/mol. The molecule has 0 aromatic heterocycles. The topological polar surface area (TPSA) is 56.1 Å². The van der Waals surface area contributed by atoms with Gasteiger partial charge in [0, 0.05) is 24.2 Å². The van der Waals surface area contributed by atoms with E-state index in [4.69, 9.17) is 0 Å². The minimum atomic E-state index is -0.149. The van der Waals surface area contributed by atoms with Crippen molar-refractivity contribution < 1.29 is 4.79 Å². The Labute approximate surface area is 172 Å². The SMILES string of the molecule is CCN(C)Cc1cccc(CNC(=O)c2ccccc2-c2ccccc2C#N)c1. The number of nitriles is 1. The van der Waals surface area contributed by atoms with Crippen LogP contribution in [-0.2, 0) is 13.1 Å². The van der Waals surface area contributed by atoms with Crippen molar-refractivity contribution in [3.05, 3.63) is 95.1 Å². The lowest BCUT2D eigenvalue weighted by molar-refractivity contribution is 0.0951. The second kappa shape index (κ2) is 9.68. The van der Waals surface area contributed by atoms with Crippen LogP contribution in [0.2, 0.25) is 0 Å². The zero-order valence-corrected chi connectivity index (χ0v) is 16.9. The normalized spacial score (nSPS) is 10.6. The van der Waals surface area contributed by atoms with Gasteiger partial charge in [0.15, 0.2) is 0 Å². The van der Waals surface area contributed by atoms with Crippen molar-refractivity contribution in [3.63, 3.8) is 0 Å². The minimum absolute atomic E-state index is 0.149. The lowest BCUT2D eigenvalue weighted by Gasteiger charge is -2.15. The zero-order chi connectivity index (χ0) is 20.6. The number of hydrogen-bond acceptors (Lipinski definition) is 3. The monoisotopic (exact) mass is 383 g/mol. The molecule has 1 N–H and O–H groups in total.